The van der Waals surface area contributed by atoms with E-state index in [0.29, 0.717) is 22.4 Å². The first-order chi connectivity index (χ1) is 16.5. The maximum absolute atomic E-state index is 13.3. The standard InChI is InChI=1S/C27H24N2O4S/c1-19-7-11-22(12-8-19)28-27-29(16-15-20-5-3-2-4-6-20)26(32)24(34-27)17-21-9-13-23(14-10-21)33-18-25(30)31/h2-14,17H,15-16,18H2,1H3,(H,30,31)/b24-17+,28-27?. The molecule has 1 N–H and O–H groups in total. The lowest BCUT2D eigenvalue weighted by Crippen LogP contribution is -2.31. The molecule has 0 aromatic heterocycles. The number of hydrogen-bond acceptors (Lipinski definition) is 5. The Bertz CT molecular complexity index is 1220. The maximum Gasteiger partial charge on any atom is 0.341 e. The molecule has 3 aromatic rings. The third-order valence-electron chi connectivity index (χ3n) is 5.15. The minimum Gasteiger partial charge on any atom is -0.482 e. The van der Waals surface area contributed by atoms with Crippen LogP contribution in [0, 0.1) is 6.92 Å². The number of nitrogens with zero attached hydrogens (tertiary/aromatic N) is 2. The largest absolute Gasteiger partial charge is 0.482 e. The lowest BCUT2D eigenvalue weighted by Gasteiger charge is -2.15. The van der Waals surface area contributed by atoms with Gasteiger partial charge in [0.05, 0.1) is 10.6 Å². The van der Waals surface area contributed by atoms with Crippen LogP contribution in [0.15, 0.2) is 88.8 Å². The molecule has 0 radical (unpaired) electrons. The van der Waals surface area contributed by atoms with Crippen LogP contribution in [0.1, 0.15) is 16.7 Å². The van der Waals surface area contributed by atoms with E-state index in [1.54, 1.807) is 29.2 Å². The van der Waals surface area contributed by atoms with Gasteiger partial charge in [-0.15, -0.1) is 0 Å². The predicted molar refractivity (Wildman–Crippen MR) is 135 cm³/mol. The normalized spacial score (nSPS) is 15.8. The minimum atomic E-state index is -1.03. The van der Waals surface area contributed by atoms with Crippen molar-refractivity contribution in [1.29, 1.82) is 0 Å². The molecule has 3 aromatic carbocycles. The van der Waals surface area contributed by atoms with Crippen molar-refractivity contribution < 1.29 is 19.4 Å². The molecule has 6 nitrogen and oxygen atoms in total. The SMILES string of the molecule is Cc1ccc(N=C2S/C(=C/c3ccc(OCC(=O)O)cc3)C(=O)N2CCc2ccccc2)cc1. The fraction of sp³-hybridized carbons (Fsp3) is 0.148. The number of thioether (sulfide) groups is 1. The molecule has 0 spiro atoms. The molecule has 0 unspecified atom stereocenters. The van der Waals surface area contributed by atoms with Gasteiger partial charge in [-0.25, -0.2) is 9.79 Å². The van der Waals surface area contributed by atoms with Gasteiger partial charge in [0.15, 0.2) is 11.8 Å². The number of carboxylic acids is 1. The monoisotopic (exact) mass is 472 g/mol. The van der Waals surface area contributed by atoms with Crippen LogP contribution in [0.25, 0.3) is 6.08 Å². The van der Waals surface area contributed by atoms with Gasteiger partial charge in [-0.3, -0.25) is 9.69 Å². The van der Waals surface area contributed by atoms with Crippen molar-refractivity contribution in [3.05, 3.63) is 100 Å². The Hall–Kier alpha value is -3.84. The van der Waals surface area contributed by atoms with Gasteiger partial charge in [0, 0.05) is 6.54 Å². The number of rotatable bonds is 8. The van der Waals surface area contributed by atoms with E-state index in [2.05, 4.69) is 12.1 Å². The molecule has 0 saturated carbocycles. The van der Waals surface area contributed by atoms with Gasteiger partial charge in [0.1, 0.15) is 5.75 Å². The molecule has 172 valence electrons. The lowest BCUT2D eigenvalue weighted by molar-refractivity contribution is -0.139. The number of ether oxygens (including phenoxy) is 1. The fourth-order valence-corrected chi connectivity index (χ4v) is 4.39. The van der Waals surface area contributed by atoms with Gasteiger partial charge in [-0.1, -0.05) is 60.2 Å². The van der Waals surface area contributed by atoms with E-state index in [1.165, 1.54) is 11.8 Å². The topological polar surface area (TPSA) is 79.2 Å². The Kier molecular flexibility index (Phi) is 7.44. The zero-order valence-electron chi connectivity index (χ0n) is 18.7. The summed E-state index contributed by atoms with van der Waals surface area (Å²) in [5.74, 6) is -0.658. The first kappa shape index (κ1) is 23.3. The summed E-state index contributed by atoms with van der Waals surface area (Å²) in [6, 6.07) is 24.9. The number of amides is 1. The Morgan fingerprint density at radius 2 is 1.74 bits per heavy atom. The van der Waals surface area contributed by atoms with Crippen LogP contribution in [-0.4, -0.2) is 40.2 Å². The molecule has 0 aliphatic carbocycles. The highest BCUT2D eigenvalue weighted by atomic mass is 32.2. The van der Waals surface area contributed by atoms with Crippen LogP contribution in [-0.2, 0) is 16.0 Å². The van der Waals surface area contributed by atoms with Gasteiger partial charge in [-0.2, -0.15) is 0 Å². The zero-order valence-corrected chi connectivity index (χ0v) is 19.5. The summed E-state index contributed by atoms with van der Waals surface area (Å²) in [5.41, 5.74) is 3.92. The van der Waals surface area contributed by atoms with Crippen LogP contribution in [0.4, 0.5) is 5.69 Å². The third-order valence-corrected chi connectivity index (χ3v) is 6.16. The van der Waals surface area contributed by atoms with E-state index in [4.69, 9.17) is 14.8 Å². The summed E-state index contributed by atoms with van der Waals surface area (Å²) in [7, 11) is 0. The van der Waals surface area contributed by atoms with Crippen LogP contribution >= 0.6 is 11.8 Å². The van der Waals surface area contributed by atoms with E-state index in [1.807, 2.05) is 55.5 Å². The van der Waals surface area contributed by atoms with Crippen LogP contribution in [0.2, 0.25) is 0 Å². The van der Waals surface area contributed by atoms with E-state index in [-0.39, 0.29) is 5.91 Å². The summed E-state index contributed by atoms with van der Waals surface area (Å²) < 4.78 is 5.18. The highest BCUT2D eigenvalue weighted by Crippen LogP contribution is 2.34. The minimum absolute atomic E-state index is 0.0852. The molecule has 4 rings (SSSR count). The Labute approximate surface area is 202 Å². The summed E-state index contributed by atoms with van der Waals surface area (Å²) >= 11 is 1.35. The summed E-state index contributed by atoms with van der Waals surface area (Å²) in [6.07, 6.45) is 2.55. The third kappa shape index (κ3) is 6.14. The molecule has 0 bridgehead atoms. The van der Waals surface area contributed by atoms with Gasteiger partial charge in [0.2, 0.25) is 0 Å². The Balaban J connectivity index is 1.56. The van der Waals surface area contributed by atoms with Crippen molar-refractivity contribution in [1.82, 2.24) is 4.90 Å². The number of carbonyl (C=O) groups excluding carboxylic acids is 1. The quantitative estimate of drug-likeness (QED) is 0.450. The Morgan fingerprint density at radius 3 is 2.41 bits per heavy atom. The van der Waals surface area contributed by atoms with Gasteiger partial charge in [0.25, 0.3) is 5.91 Å². The van der Waals surface area contributed by atoms with Crippen molar-refractivity contribution in [3.63, 3.8) is 0 Å². The second kappa shape index (κ2) is 10.9. The molecule has 1 fully saturated rings. The highest BCUT2D eigenvalue weighted by molar-refractivity contribution is 8.18. The van der Waals surface area contributed by atoms with E-state index < -0.39 is 12.6 Å². The number of benzene rings is 3. The number of hydrogen-bond donors (Lipinski definition) is 1. The van der Waals surface area contributed by atoms with Crippen molar-refractivity contribution in [2.45, 2.75) is 13.3 Å². The second-order valence-electron chi connectivity index (χ2n) is 7.78. The second-order valence-corrected chi connectivity index (χ2v) is 8.79. The Morgan fingerprint density at radius 1 is 1.03 bits per heavy atom. The molecule has 1 heterocycles. The van der Waals surface area contributed by atoms with Crippen LogP contribution in [0.5, 0.6) is 5.75 Å². The summed E-state index contributed by atoms with van der Waals surface area (Å²) in [4.78, 5) is 31.0. The number of amidine groups is 1. The zero-order chi connectivity index (χ0) is 23.9. The number of aryl methyl sites for hydroxylation is 1. The van der Waals surface area contributed by atoms with E-state index >= 15 is 0 Å². The molecule has 1 aliphatic heterocycles. The molecular weight excluding hydrogens is 448 g/mol. The molecule has 1 saturated heterocycles. The van der Waals surface area contributed by atoms with E-state index in [0.717, 1.165) is 28.8 Å². The first-order valence-electron chi connectivity index (χ1n) is 10.8. The van der Waals surface area contributed by atoms with Crippen LogP contribution < -0.4 is 4.74 Å². The van der Waals surface area contributed by atoms with Gasteiger partial charge >= 0.3 is 5.97 Å². The molecule has 1 aliphatic rings. The number of carbonyl (C=O) groups is 2. The smallest absolute Gasteiger partial charge is 0.341 e. The van der Waals surface area contributed by atoms with Crippen molar-refractivity contribution in [3.8, 4) is 5.75 Å². The van der Waals surface area contributed by atoms with Crippen molar-refractivity contribution >= 4 is 40.6 Å². The van der Waals surface area contributed by atoms with E-state index in [9.17, 15) is 9.59 Å². The molecule has 0 atom stereocenters. The maximum atomic E-state index is 13.3. The molecule has 1 amide bonds. The summed E-state index contributed by atoms with van der Waals surface area (Å²) in [5, 5.41) is 9.39. The van der Waals surface area contributed by atoms with Gasteiger partial charge in [-0.05, 0) is 66.6 Å². The number of aliphatic carboxylic acids is 1. The molecular formula is C27H24N2O4S. The predicted octanol–water partition coefficient (Wildman–Crippen LogP) is 5.31. The average molecular weight is 473 g/mol. The lowest BCUT2D eigenvalue weighted by atomic mass is 10.1. The molecule has 34 heavy (non-hydrogen) atoms. The first-order valence-corrected chi connectivity index (χ1v) is 11.6. The van der Waals surface area contributed by atoms with Crippen molar-refractivity contribution in [2.24, 2.45) is 4.99 Å². The average Bonchev–Trinajstić information content (AvgIpc) is 3.13. The molecule has 7 heteroatoms. The van der Waals surface area contributed by atoms with Crippen LogP contribution in [0.3, 0.4) is 0 Å². The van der Waals surface area contributed by atoms with Gasteiger partial charge < -0.3 is 9.84 Å². The highest BCUT2D eigenvalue weighted by Gasteiger charge is 2.33. The number of aliphatic imine (C=N–C) groups is 1. The number of carboxylic acid groups (broad SMARTS) is 1. The summed E-state index contributed by atoms with van der Waals surface area (Å²) in [6.45, 7) is 2.15. The van der Waals surface area contributed by atoms with Crippen molar-refractivity contribution in [2.75, 3.05) is 13.2 Å². The fourth-order valence-electron chi connectivity index (χ4n) is 3.36.